The molecule has 0 fully saturated rings. The monoisotopic (exact) mass is 321 g/mol. The average molecular weight is 322 g/mol. The van der Waals surface area contributed by atoms with Gasteiger partial charge in [-0.3, -0.25) is 9.78 Å². The smallest absolute Gasteiger partial charge is 0.270 e. The molecule has 1 amide bonds. The Balaban J connectivity index is 1.98. The van der Waals surface area contributed by atoms with Gasteiger partial charge in [0, 0.05) is 49.6 Å². The minimum absolute atomic E-state index is 0.0177. The summed E-state index contributed by atoms with van der Waals surface area (Å²) in [6.07, 6.45) is 4.40. The van der Waals surface area contributed by atoms with Crippen LogP contribution < -0.4 is 0 Å². The van der Waals surface area contributed by atoms with Crippen molar-refractivity contribution >= 4 is 21.8 Å². The van der Waals surface area contributed by atoms with Gasteiger partial charge in [-0.15, -0.1) is 0 Å². The lowest BCUT2D eigenvalue weighted by molar-refractivity contribution is 0.0787. The van der Waals surface area contributed by atoms with E-state index in [4.69, 9.17) is 0 Å². The summed E-state index contributed by atoms with van der Waals surface area (Å²) in [5.41, 5.74) is 1.67. The Morgan fingerprint density at radius 1 is 1.47 bits per heavy atom. The summed E-state index contributed by atoms with van der Waals surface area (Å²) in [5, 5.41) is 0. The zero-order valence-electron chi connectivity index (χ0n) is 11.0. The van der Waals surface area contributed by atoms with Gasteiger partial charge in [0.05, 0.1) is 0 Å². The third-order valence-corrected chi connectivity index (χ3v) is 3.40. The molecule has 0 N–H and O–H groups in total. The fourth-order valence-corrected chi connectivity index (χ4v) is 2.39. The molecule has 0 spiro atoms. The Hall–Kier alpha value is -1.62. The van der Waals surface area contributed by atoms with Crippen molar-refractivity contribution in [1.82, 2.24) is 14.5 Å². The highest BCUT2D eigenvalue weighted by molar-refractivity contribution is 9.10. The van der Waals surface area contributed by atoms with Crippen LogP contribution in [-0.2, 0) is 13.5 Å². The molecule has 2 aromatic heterocycles. The number of hydrogen-bond acceptors (Lipinski definition) is 2. The zero-order valence-corrected chi connectivity index (χ0v) is 12.6. The Morgan fingerprint density at radius 3 is 2.84 bits per heavy atom. The van der Waals surface area contributed by atoms with Crippen LogP contribution >= 0.6 is 15.9 Å². The van der Waals surface area contributed by atoms with Crippen LogP contribution in [0.3, 0.4) is 0 Å². The summed E-state index contributed by atoms with van der Waals surface area (Å²) < 4.78 is 2.74. The molecule has 0 saturated carbocycles. The maximum Gasteiger partial charge on any atom is 0.270 e. The maximum absolute atomic E-state index is 12.3. The summed E-state index contributed by atoms with van der Waals surface area (Å²) in [7, 11) is 3.68. The average Bonchev–Trinajstić information content (AvgIpc) is 2.75. The standard InChI is InChI=1S/C14H16BrN3O/c1-17(8-6-12-5-3-4-7-16-12)14(19)13-9-11(15)10-18(13)2/h3-5,7,9-10H,6,8H2,1-2H3. The minimum Gasteiger partial charge on any atom is -0.345 e. The third-order valence-electron chi connectivity index (χ3n) is 2.97. The molecule has 0 aliphatic rings. The fourth-order valence-electron chi connectivity index (χ4n) is 1.86. The predicted octanol–water partition coefficient (Wildman–Crippen LogP) is 2.50. The highest BCUT2D eigenvalue weighted by Crippen LogP contribution is 2.15. The van der Waals surface area contributed by atoms with Crippen molar-refractivity contribution in [2.75, 3.05) is 13.6 Å². The van der Waals surface area contributed by atoms with Crippen molar-refractivity contribution in [1.29, 1.82) is 0 Å². The first kappa shape index (κ1) is 13.8. The SMILES string of the molecule is CN(CCc1ccccn1)C(=O)c1cc(Br)cn1C. The van der Waals surface area contributed by atoms with Crippen LogP contribution in [0, 0.1) is 0 Å². The second kappa shape index (κ2) is 6.02. The van der Waals surface area contributed by atoms with E-state index in [2.05, 4.69) is 20.9 Å². The van der Waals surface area contributed by atoms with Crippen LogP contribution in [0.4, 0.5) is 0 Å². The number of halogens is 1. The number of pyridine rings is 1. The number of hydrogen-bond donors (Lipinski definition) is 0. The molecule has 0 bridgehead atoms. The number of rotatable bonds is 4. The van der Waals surface area contributed by atoms with E-state index in [0.29, 0.717) is 12.2 Å². The molecular formula is C14H16BrN3O. The normalized spacial score (nSPS) is 10.5. The minimum atomic E-state index is 0.0177. The summed E-state index contributed by atoms with van der Waals surface area (Å²) in [6, 6.07) is 7.65. The lowest BCUT2D eigenvalue weighted by Gasteiger charge is -2.17. The fraction of sp³-hybridized carbons (Fsp3) is 0.286. The number of carbonyl (C=O) groups excluding carboxylic acids is 1. The number of carbonyl (C=O) groups is 1. The van der Waals surface area contributed by atoms with Crippen LogP contribution in [0.1, 0.15) is 16.2 Å². The zero-order chi connectivity index (χ0) is 13.8. The van der Waals surface area contributed by atoms with E-state index >= 15 is 0 Å². The molecule has 0 aromatic carbocycles. The van der Waals surface area contributed by atoms with Gasteiger partial charge < -0.3 is 9.47 Å². The van der Waals surface area contributed by atoms with Gasteiger partial charge in [0.1, 0.15) is 5.69 Å². The molecule has 2 rings (SSSR count). The van der Waals surface area contributed by atoms with Gasteiger partial charge in [-0.05, 0) is 34.1 Å². The third kappa shape index (κ3) is 3.44. The van der Waals surface area contributed by atoms with Gasteiger partial charge >= 0.3 is 0 Å². The Labute approximate surface area is 121 Å². The largest absolute Gasteiger partial charge is 0.345 e. The first-order valence-corrected chi connectivity index (χ1v) is 6.84. The van der Waals surface area contributed by atoms with Crippen LogP contribution in [0.15, 0.2) is 41.1 Å². The molecule has 0 atom stereocenters. The van der Waals surface area contributed by atoms with Crippen molar-refractivity contribution < 1.29 is 4.79 Å². The van der Waals surface area contributed by atoms with E-state index < -0.39 is 0 Å². The van der Waals surface area contributed by atoms with E-state index in [1.807, 2.05) is 49.1 Å². The Morgan fingerprint density at radius 2 is 2.26 bits per heavy atom. The summed E-state index contributed by atoms with van der Waals surface area (Å²) >= 11 is 3.37. The molecule has 19 heavy (non-hydrogen) atoms. The van der Waals surface area contributed by atoms with Gasteiger partial charge in [-0.1, -0.05) is 6.07 Å². The van der Waals surface area contributed by atoms with Crippen molar-refractivity contribution in [3.8, 4) is 0 Å². The van der Waals surface area contributed by atoms with Gasteiger partial charge in [0.25, 0.3) is 5.91 Å². The lowest BCUT2D eigenvalue weighted by atomic mass is 10.2. The molecule has 0 radical (unpaired) electrons. The summed E-state index contributed by atoms with van der Waals surface area (Å²) in [5.74, 6) is 0.0177. The van der Waals surface area contributed by atoms with E-state index in [1.165, 1.54) is 0 Å². The number of nitrogens with zero attached hydrogens (tertiary/aromatic N) is 3. The van der Waals surface area contributed by atoms with Crippen molar-refractivity contribution in [2.45, 2.75) is 6.42 Å². The van der Waals surface area contributed by atoms with Gasteiger partial charge in [0.2, 0.25) is 0 Å². The van der Waals surface area contributed by atoms with Crippen LogP contribution in [-0.4, -0.2) is 34.0 Å². The second-order valence-corrected chi connectivity index (χ2v) is 5.37. The van der Waals surface area contributed by atoms with Gasteiger partial charge in [-0.25, -0.2) is 0 Å². The second-order valence-electron chi connectivity index (χ2n) is 4.45. The van der Waals surface area contributed by atoms with E-state index in [-0.39, 0.29) is 5.91 Å². The van der Waals surface area contributed by atoms with Crippen LogP contribution in [0.5, 0.6) is 0 Å². The van der Waals surface area contributed by atoms with Gasteiger partial charge in [-0.2, -0.15) is 0 Å². The Bertz CT molecular complexity index is 565. The molecule has 2 aromatic rings. The lowest BCUT2D eigenvalue weighted by Crippen LogP contribution is -2.30. The highest BCUT2D eigenvalue weighted by Gasteiger charge is 2.15. The predicted molar refractivity (Wildman–Crippen MR) is 78.0 cm³/mol. The quantitative estimate of drug-likeness (QED) is 0.867. The molecule has 0 aliphatic heterocycles. The van der Waals surface area contributed by atoms with Crippen LogP contribution in [0.2, 0.25) is 0 Å². The molecule has 5 heteroatoms. The first-order valence-electron chi connectivity index (χ1n) is 6.05. The first-order chi connectivity index (χ1) is 9.08. The molecule has 0 aliphatic carbocycles. The maximum atomic E-state index is 12.3. The highest BCUT2D eigenvalue weighted by atomic mass is 79.9. The molecule has 2 heterocycles. The van der Waals surface area contributed by atoms with Crippen LogP contribution in [0.25, 0.3) is 0 Å². The van der Waals surface area contributed by atoms with Crippen molar-refractivity contribution in [3.63, 3.8) is 0 Å². The van der Waals surface area contributed by atoms with E-state index in [1.54, 1.807) is 11.1 Å². The molecule has 100 valence electrons. The topological polar surface area (TPSA) is 38.1 Å². The molecule has 4 nitrogen and oxygen atoms in total. The van der Waals surface area contributed by atoms with Crippen molar-refractivity contribution in [3.05, 3.63) is 52.5 Å². The van der Waals surface area contributed by atoms with E-state index in [0.717, 1.165) is 16.6 Å². The van der Waals surface area contributed by atoms with E-state index in [9.17, 15) is 4.79 Å². The number of aromatic nitrogens is 2. The summed E-state index contributed by atoms with van der Waals surface area (Å²) in [6.45, 7) is 0.651. The molecular weight excluding hydrogens is 306 g/mol. The number of aryl methyl sites for hydroxylation is 1. The number of amides is 1. The Kier molecular flexibility index (Phi) is 4.37. The molecule has 0 unspecified atom stereocenters. The number of likely N-dealkylation sites (N-methyl/N-ethyl adjacent to an activating group) is 1. The summed E-state index contributed by atoms with van der Waals surface area (Å²) in [4.78, 5) is 18.2. The van der Waals surface area contributed by atoms with Gasteiger partial charge in [0.15, 0.2) is 0 Å². The van der Waals surface area contributed by atoms with Crippen molar-refractivity contribution in [2.24, 2.45) is 7.05 Å². The molecule has 0 saturated heterocycles.